The molecule has 0 aliphatic rings. The second-order valence-corrected chi connectivity index (χ2v) is 3.65. The maximum atomic E-state index is 5.78. The molecule has 0 aliphatic carbocycles. The van der Waals surface area contributed by atoms with E-state index in [0.717, 1.165) is 17.1 Å². The molecule has 0 aliphatic heterocycles. The summed E-state index contributed by atoms with van der Waals surface area (Å²) < 4.78 is 12.2. The van der Waals surface area contributed by atoms with Crippen LogP contribution in [-0.4, -0.2) is 24.0 Å². The van der Waals surface area contributed by atoms with E-state index in [1.54, 1.807) is 25.1 Å². The minimum Gasteiger partial charge on any atom is -0.497 e. The van der Waals surface area contributed by atoms with E-state index in [1.165, 1.54) is 0 Å². The van der Waals surface area contributed by atoms with Gasteiger partial charge in [-0.3, -0.25) is 0 Å². The molecule has 17 heavy (non-hydrogen) atoms. The van der Waals surface area contributed by atoms with Crippen LogP contribution >= 0.6 is 0 Å². The zero-order chi connectivity index (χ0) is 12.4. The molecule has 1 aromatic carbocycles. The molecule has 2 aromatic rings. The van der Waals surface area contributed by atoms with Crippen LogP contribution in [0, 0.1) is 6.92 Å². The predicted octanol–water partition coefficient (Wildman–Crippen LogP) is 1.78. The zero-order valence-electron chi connectivity index (χ0n) is 10.1. The van der Waals surface area contributed by atoms with Crippen LogP contribution in [0.25, 0.3) is 5.69 Å². The molecule has 2 rings (SSSR count). The smallest absolute Gasteiger partial charge is 0.144 e. The molecule has 0 saturated carbocycles. The Labute approximate surface area is 99.8 Å². The van der Waals surface area contributed by atoms with Gasteiger partial charge in [0, 0.05) is 6.07 Å². The van der Waals surface area contributed by atoms with Crippen LogP contribution in [0.1, 0.15) is 5.69 Å². The maximum Gasteiger partial charge on any atom is 0.144 e. The van der Waals surface area contributed by atoms with Crippen molar-refractivity contribution in [3.8, 4) is 17.2 Å². The van der Waals surface area contributed by atoms with Gasteiger partial charge in [0.2, 0.25) is 0 Å². The highest BCUT2D eigenvalue weighted by Gasteiger charge is 2.10. The van der Waals surface area contributed by atoms with E-state index < -0.39 is 0 Å². The third-order valence-electron chi connectivity index (χ3n) is 2.57. The van der Waals surface area contributed by atoms with Crippen LogP contribution in [0.3, 0.4) is 0 Å². The summed E-state index contributed by atoms with van der Waals surface area (Å²) in [7, 11) is 3.24. The first-order valence-electron chi connectivity index (χ1n) is 5.20. The molecule has 0 fully saturated rings. The molecule has 0 amide bonds. The van der Waals surface area contributed by atoms with E-state index in [9.17, 15) is 0 Å². The van der Waals surface area contributed by atoms with Crippen molar-refractivity contribution in [2.24, 2.45) is 0 Å². The molecular weight excluding hydrogens is 218 g/mol. The monoisotopic (exact) mass is 233 g/mol. The number of methoxy groups -OCH3 is 2. The molecule has 5 nitrogen and oxygen atoms in total. The average Bonchev–Trinajstić information content (AvgIpc) is 2.68. The molecule has 1 heterocycles. The van der Waals surface area contributed by atoms with Gasteiger partial charge in [0.1, 0.15) is 17.2 Å². The Kier molecular flexibility index (Phi) is 2.91. The predicted molar refractivity (Wildman–Crippen MR) is 65.8 cm³/mol. The summed E-state index contributed by atoms with van der Waals surface area (Å²) in [5.41, 5.74) is 8.02. The molecule has 5 heteroatoms. The van der Waals surface area contributed by atoms with Gasteiger partial charge in [-0.25, -0.2) is 4.68 Å². The summed E-state index contributed by atoms with van der Waals surface area (Å²) in [5, 5.41) is 4.32. The van der Waals surface area contributed by atoms with Crippen molar-refractivity contribution in [2.45, 2.75) is 6.92 Å². The van der Waals surface area contributed by atoms with Crippen molar-refractivity contribution in [3.05, 3.63) is 30.1 Å². The maximum absolute atomic E-state index is 5.78. The number of rotatable bonds is 3. The molecule has 0 bridgehead atoms. The normalized spacial score (nSPS) is 10.3. The van der Waals surface area contributed by atoms with E-state index in [-0.39, 0.29) is 0 Å². The van der Waals surface area contributed by atoms with Gasteiger partial charge in [0.15, 0.2) is 0 Å². The molecule has 2 N–H and O–H groups in total. The number of benzene rings is 1. The fraction of sp³-hybridized carbons (Fsp3) is 0.250. The lowest BCUT2D eigenvalue weighted by Gasteiger charge is -2.10. The lowest BCUT2D eigenvalue weighted by molar-refractivity contribution is 0.400. The summed E-state index contributed by atoms with van der Waals surface area (Å²) in [6.07, 6.45) is 1.76. The van der Waals surface area contributed by atoms with Crippen molar-refractivity contribution < 1.29 is 9.47 Å². The molecule has 0 atom stereocenters. The summed E-state index contributed by atoms with van der Waals surface area (Å²) in [5.74, 6) is 1.46. The number of hydrogen-bond acceptors (Lipinski definition) is 4. The Morgan fingerprint density at radius 2 is 2.00 bits per heavy atom. The Hall–Kier alpha value is -2.17. The first-order chi connectivity index (χ1) is 8.15. The minimum atomic E-state index is 0.648. The van der Waals surface area contributed by atoms with Gasteiger partial charge in [-0.15, -0.1) is 0 Å². The summed E-state index contributed by atoms with van der Waals surface area (Å²) >= 11 is 0. The van der Waals surface area contributed by atoms with Gasteiger partial charge in [-0.1, -0.05) is 0 Å². The van der Waals surface area contributed by atoms with Crippen LogP contribution in [0.4, 0.5) is 5.69 Å². The van der Waals surface area contributed by atoms with Gasteiger partial charge < -0.3 is 15.2 Å². The molecule has 0 radical (unpaired) electrons. The number of nitrogens with zero attached hydrogens (tertiary/aromatic N) is 2. The Bertz CT molecular complexity index is 515. The summed E-state index contributed by atoms with van der Waals surface area (Å²) in [6, 6.07) is 5.52. The van der Waals surface area contributed by atoms with Crippen LogP contribution in [0.5, 0.6) is 11.5 Å². The number of anilines is 1. The molecular formula is C12H15N3O2. The topological polar surface area (TPSA) is 62.3 Å². The highest BCUT2D eigenvalue weighted by Crippen LogP contribution is 2.28. The van der Waals surface area contributed by atoms with Crippen molar-refractivity contribution in [2.75, 3.05) is 20.0 Å². The zero-order valence-corrected chi connectivity index (χ0v) is 10.1. The third-order valence-corrected chi connectivity index (χ3v) is 2.57. The van der Waals surface area contributed by atoms with Gasteiger partial charge >= 0.3 is 0 Å². The lowest BCUT2D eigenvalue weighted by Crippen LogP contribution is -1.99. The number of nitrogen functional groups attached to an aromatic ring is 1. The van der Waals surface area contributed by atoms with Crippen molar-refractivity contribution in [1.29, 1.82) is 0 Å². The fourth-order valence-corrected chi connectivity index (χ4v) is 1.57. The minimum absolute atomic E-state index is 0.648. The Morgan fingerprint density at radius 3 is 2.53 bits per heavy atom. The highest BCUT2D eigenvalue weighted by molar-refractivity contribution is 5.53. The second kappa shape index (κ2) is 4.37. The Morgan fingerprint density at radius 1 is 1.24 bits per heavy atom. The number of hydrogen-bond donors (Lipinski definition) is 1. The second-order valence-electron chi connectivity index (χ2n) is 3.65. The van der Waals surface area contributed by atoms with E-state index in [1.807, 2.05) is 25.1 Å². The van der Waals surface area contributed by atoms with E-state index >= 15 is 0 Å². The SMILES string of the molecule is COc1ccc(OC)c(-n2cc(N)c(C)n2)c1. The highest BCUT2D eigenvalue weighted by atomic mass is 16.5. The van der Waals surface area contributed by atoms with Crippen LogP contribution in [0.2, 0.25) is 0 Å². The first kappa shape index (κ1) is 11.3. The number of aryl methyl sites for hydroxylation is 1. The molecule has 0 unspecified atom stereocenters. The van der Waals surface area contributed by atoms with Crippen LogP contribution in [-0.2, 0) is 0 Å². The summed E-state index contributed by atoms with van der Waals surface area (Å²) in [4.78, 5) is 0. The number of aromatic nitrogens is 2. The molecule has 1 aromatic heterocycles. The first-order valence-corrected chi connectivity index (χ1v) is 5.20. The standard InChI is InChI=1S/C12H15N3O2/c1-8-10(13)7-15(14-8)11-6-9(16-2)4-5-12(11)17-3/h4-7H,13H2,1-3H3. The molecule has 0 saturated heterocycles. The van der Waals surface area contributed by atoms with Crippen molar-refractivity contribution in [3.63, 3.8) is 0 Å². The van der Waals surface area contributed by atoms with Gasteiger partial charge in [0.25, 0.3) is 0 Å². The van der Waals surface area contributed by atoms with Crippen molar-refractivity contribution >= 4 is 5.69 Å². The van der Waals surface area contributed by atoms with Gasteiger partial charge in [0.05, 0.1) is 31.8 Å². The number of nitrogens with two attached hydrogens (primary N) is 1. The number of ether oxygens (including phenoxy) is 2. The lowest BCUT2D eigenvalue weighted by atomic mass is 10.2. The van der Waals surface area contributed by atoms with E-state index in [4.69, 9.17) is 15.2 Å². The largest absolute Gasteiger partial charge is 0.497 e. The van der Waals surface area contributed by atoms with Gasteiger partial charge in [-0.05, 0) is 19.1 Å². The Balaban J connectivity index is 2.55. The average molecular weight is 233 g/mol. The molecule has 90 valence electrons. The quantitative estimate of drug-likeness (QED) is 0.877. The van der Waals surface area contributed by atoms with Crippen LogP contribution in [0.15, 0.2) is 24.4 Å². The van der Waals surface area contributed by atoms with Crippen molar-refractivity contribution in [1.82, 2.24) is 9.78 Å². The third kappa shape index (κ3) is 2.04. The summed E-state index contributed by atoms with van der Waals surface area (Å²) in [6.45, 7) is 1.86. The van der Waals surface area contributed by atoms with E-state index in [2.05, 4.69) is 5.10 Å². The van der Waals surface area contributed by atoms with Gasteiger partial charge in [-0.2, -0.15) is 5.10 Å². The molecule has 0 spiro atoms. The fourth-order valence-electron chi connectivity index (χ4n) is 1.57. The van der Waals surface area contributed by atoms with Crippen LogP contribution < -0.4 is 15.2 Å². The van der Waals surface area contributed by atoms with E-state index in [0.29, 0.717) is 11.4 Å².